The van der Waals surface area contributed by atoms with Crippen molar-refractivity contribution in [2.45, 2.75) is 50.5 Å². The van der Waals surface area contributed by atoms with Crippen LogP contribution in [-0.4, -0.2) is 61.6 Å². The van der Waals surface area contributed by atoms with Crippen LogP contribution in [0.25, 0.3) is 0 Å². The number of anilines is 2. The number of nitrogens with zero attached hydrogens (tertiary/aromatic N) is 3. The van der Waals surface area contributed by atoms with Gasteiger partial charge in [-0.3, -0.25) is 4.79 Å². The van der Waals surface area contributed by atoms with Crippen LogP contribution in [0.5, 0.6) is 5.75 Å². The monoisotopic (exact) mass is 451 g/mol. The van der Waals surface area contributed by atoms with E-state index in [9.17, 15) is 9.18 Å². The Morgan fingerprint density at radius 3 is 2.73 bits per heavy atom. The van der Waals surface area contributed by atoms with Crippen molar-refractivity contribution in [1.29, 1.82) is 0 Å². The van der Waals surface area contributed by atoms with E-state index < -0.39 is 0 Å². The van der Waals surface area contributed by atoms with E-state index in [0.29, 0.717) is 18.4 Å². The maximum Gasteiger partial charge on any atom is 0.222 e. The van der Waals surface area contributed by atoms with Gasteiger partial charge in [0.2, 0.25) is 5.91 Å². The summed E-state index contributed by atoms with van der Waals surface area (Å²) < 4.78 is 19.9. The fourth-order valence-electron chi connectivity index (χ4n) is 5.92. The molecule has 2 fully saturated rings. The molecule has 2 aromatic carbocycles. The van der Waals surface area contributed by atoms with Gasteiger partial charge < -0.3 is 19.4 Å². The minimum absolute atomic E-state index is 0.169. The Kier molecular flexibility index (Phi) is 6.54. The van der Waals surface area contributed by atoms with Crippen LogP contribution < -0.4 is 9.64 Å². The third-order valence-electron chi connectivity index (χ3n) is 7.56. The molecule has 176 valence electrons. The Morgan fingerprint density at radius 1 is 1.03 bits per heavy atom. The fourth-order valence-corrected chi connectivity index (χ4v) is 5.92. The van der Waals surface area contributed by atoms with E-state index in [1.165, 1.54) is 0 Å². The highest BCUT2D eigenvalue weighted by molar-refractivity contribution is 5.77. The largest absolute Gasteiger partial charge is 0.495 e. The Bertz CT molecular complexity index is 997. The molecule has 0 bridgehead atoms. The SMILES string of the molecule is COc1ccccc1N1c2ccc(F)cc2C2CN(CCCCN3CCCCC3=O)CCC21. The summed E-state index contributed by atoms with van der Waals surface area (Å²) in [6, 6.07) is 13.6. The summed E-state index contributed by atoms with van der Waals surface area (Å²) in [6.07, 6.45) is 6.07. The first-order chi connectivity index (χ1) is 16.2. The van der Waals surface area contributed by atoms with E-state index in [-0.39, 0.29) is 11.7 Å². The molecule has 0 aromatic heterocycles. The summed E-state index contributed by atoms with van der Waals surface area (Å²) in [5.41, 5.74) is 3.26. The number of fused-ring (bicyclic) bond motifs is 3. The smallest absolute Gasteiger partial charge is 0.222 e. The molecule has 5 rings (SSSR count). The third kappa shape index (κ3) is 4.45. The molecular weight excluding hydrogens is 417 g/mol. The van der Waals surface area contributed by atoms with Gasteiger partial charge in [0.05, 0.1) is 12.8 Å². The molecule has 0 N–H and O–H groups in total. The lowest BCUT2D eigenvalue weighted by Gasteiger charge is -2.39. The first-order valence-electron chi connectivity index (χ1n) is 12.4. The van der Waals surface area contributed by atoms with Gasteiger partial charge in [-0.25, -0.2) is 4.39 Å². The number of hydrogen-bond acceptors (Lipinski definition) is 4. The molecule has 0 aliphatic carbocycles. The van der Waals surface area contributed by atoms with Gasteiger partial charge in [0.1, 0.15) is 11.6 Å². The molecule has 3 aliphatic heterocycles. The summed E-state index contributed by atoms with van der Waals surface area (Å²) >= 11 is 0. The zero-order valence-corrected chi connectivity index (χ0v) is 19.5. The molecule has 1 amide bonds. The van der Waals surface area contributed by atoms with Gasteiger partial charge >= 0.3 is 0 Å². The molecule has 33 heavy (non-hydrogen) atoms. The molecular formula is C27H34FN3O2. The first kappa shape index (κ1) is 22.2. The van der Waals surface area contributed by atoms with Crippen LogP contribution in [-0.2, 0) is 4.79 Å². The first-order valence-corrected chi connectivity index (χ1v) is 12.4. The van der Waals surface area contributed by atoms with Gasteiger partial charge in [-0.05, 0) is 74.5 Å². The molecule has 3 heterocycles. The number of para-hydroxylation sites is 2. The molecule has 2 saturated heterocycles. The van der Waals surface area contributed by atoms with Gasteiger partial charge in [0, 0.05) is 50.2 Å². The van der Waals surface area contributed by atoms with Crippen molar-refractivity contribution in [2.24, 2.45) is 0 Å². The maximum absolute atomic E-state index is 14.3. The van der Waals surface area contributed by atoms with Crippen molar-refractivity contribution < 1.29 is 13.9 Å². The lowest BCUT2D eigenvalue weighted by atomic mass is 9.88. The molecule has 5 nitrogen and oxygen atoms in total. The van der Waals surface area contributed by atoms with Crippen molar-refractivity contribution in [2.75, 3.05) is 44.7 Å². The van der Waals surface area contributed by atoms with Crippen molar-refractivity contribution >= 4 is 17.3 Å². The van der Waals surface area contributed by atoms with Crippen molar-refractivity contribution in [3.63, 3.8) is 0 Å². The Morgan fingerprint density at radius 2 is 1.88 bits per heavy atom. The van der Waals surface area contributed by atoms with E-state index in [2.05, 4.69) is 15.9 Å². The van der Waals surface area contributed by atoms with E-state index in [1.807, 2.05) is 29.2 Å². The highest BCUT2D eigenvalue weighted by atomic mass is 19.1. The number of amides is 1. The minimum Gasteiger partial charge on any atom is -0.495 e. The number of carbonyl (C=O) groups is 1. The number of benzene rings is 2. The highest BCUT2D eigenvalue weighted by Gasteiger charge is 2.43. The van der Waals surface area contributed by atoms with E-state index in [1.54, 1.807) is 19.2 Å². The van der Waals surface area contributed by atoms with Gasteiger partial charge in [-0.1, -0.05) is 12.1 Å². The summed E-state index contributed by atoms with van der Waals surface area (Å²) in [4.78, 5) is 19.0. The van der Waals surface area contributed by atoms with Crippen molar-refractivity contribution in [1.82, 2.24) is 9.80 Å². The van der Waals surface area contributed by atoms with Gasteiger partial charge in [-0.2, -0.15) is 0 Å². The normalized spacial score (nSPS) is 22.9. The van der Waals surface area contributed by atoms with E-state index >= 15 is 0 Å². The minimum atomic E-state index is -0.169. The number of likely N-dealkylation sites (tertiary alicyclic amines) is 2. The number of halogens is 1. The summed E-state index contributed by atoms with van der Waals surface area (Å²) in [5.74, 6) is 1.28. The topological polar surface area (TPSA) is 36.0 Å². The predicted molar refractivity (Wildman–Crippen MR) is 129 cm³/mol. The van der Waals surface area contributed by atoms with Crippen molar-refractivity contribution in [3.05, 3.63) is 53.8 Å². The average molecular weight is 452 g/mol. The van der Waals surface area contributed by atoms with Gasteiger partial charge in [0.25, 0.3) is 0 Å². The zero-order chi connectivity index (χ0) is 22.8. The van der Waals surface area contributed by atoms with Crippen molar-refractivity contribution in [3.8, 4) is 5.75 Å². The fraction of sp³-hybridized carbons (Fsp3) is 0.519. The molecule has 2 unspecified atom stereocenters. The molecule has 2 aromatic rings. The maximum atomic E-state index is 14.3. The number of hydrogen-bond donors (Lipinski definition) is 0. The number of methoxy groups -OCH3 is 1. The second kappa shape index (κ2) is 9.72. The molecule has 0 saturated carbocycles. The number of carbonyl (C=O) groups excluding carboxylic acids is 1. The molecule has 0 radical (unpaired) electrons. The second-order valence-corrected chi connectivity index (χ2v) is 9.55. The molecule has 3 aliphatic rings. The van der Waals surface area contributed by atoms with Crippen LogP contribution in [0.2, 0.25) is 0 Å². The van der Waals surface area contributed by atoms with Crippen LogP contribution in [0.15, 0.2) is 42.5 Å². The zero-order valence-electron chi connectivity index (χ0n) is 19.5. The Hall–Kier alpha value is -2.60. The molecule has 2 atom stereocenters. The lowest BCUT2D eigenvalue weighted by molar-refractivity contribution is -0.133. The van der Waals surface area contributed by atoms with Crippen LogP contribution in [0.3, 0.4) is 0 Å². The van der Waals surface area contributed by atoms with Crippen LogP contribution in [0, 0.1) is 5.82 Å². The van der Waals surface area contributed by atoms with Gasteiger partial charge in [0.15, 0.2) is 0 Å². The summed E-state index contributed by atoms with van der Waals surface area (Å²) in [7, 11) is 1.71. The number of rotatable bonds is 7. The van der Waals surface area contributed by atoms with E-state index in [0.717, 1.165) is 87.5 Å². The standard InChI is InChI=1S/C27H34FN3O2/c1-33-26-9-3-2-8-25(26)31-23-12-11-20(28)18-21(23)22-19-29(17-13-24(22)31)14-6-7-16-30-15-5-4-10-27(30)32/h2-3,8-9,11-12,18,22,24H,4-7,10,13-17,19H2,1H3. The quantitative estimate of drug-likeness (QED) is 0.559. The summed E-state index contributed by atoms with van der Waals surface area (Å²) in [6.45, 7) is 4.81. The lowest BCUT2D eigenvalue weighted by Crippen LogP contribution is -2.45. The number of piperidine rings is 2. The Balaban J connectivity index is 1.27. The highest BCUT2D eigenvalue weighted by Crippen LogP contribution is 2.50. The molecule has 6 heteroatoms. The van der Waals surface area contributed by atoms with Gasteiger partial charge in [-0.15, -0.1) is 0 Å². The van der Waals surface area contributed by atoms with E-state index in [4.69, 9.17) is 4.74 Å². The predicted octanol–water partition coefficient (Wildman–Crippen LogP) is 4.94. The third-order valence-corrected chi connectivity index (χ3v) is 7.56. The average Bonchev–Trinajstić information content (AvgIpc) is 3.15. The van der Waals surface area contributed by atoms with Crippen LogP contribution in [0.1, 0.15) is 50.0 Å². The molecule has 0 spiro atoms. The second-order valence-electron chi connectivity index (χ2n) is 9.55. The van der Waals surface area contributed by atoms with Crippen LogP contribution in [0.4, 0.5) is 15.8 Å². The number of ether oxygens (including phenoxy) is 1. The summed E-state index contributed by atoms with van der Waals surface area (Å²) in [5, 5.41) is 0. The van der Waals surface area contributed by atoms with Crippen LogP contribution >= 0.6 is 0 Å². The number of unbranched alkanes of at least 4 members (excludes halogenated alkanes) is 1. The Labute approximate surface area is 196 Å².